The van der Waals surface area contributed by atoms with Gasteiger partial charge in [0, 0.05) is 37.2 Å². The Morgan fingerprint density at radius 3 is 2.24 bits per heavy atom. The van der Waals surface area contributed by atoms with Gasteiger partial charge in [-0.2, -0.15) is 0 Å². The molecule has 1 aliphatic rings. The number of hydrogen-bond acceptors (Lipinski definition) is 4. The van der Waals surface area contributed by atoms with Crippen LogP contribution in [0.1, 0.15) is 92.4 Å². The summed E-state index contributed by atoms with van der Waals surface area (Å²) in [5.41, 5.74) is 0.976. The van der Waals surface area contributed by atoms with Gasteiger partial charge in [0.25, 0.3) is 5.91 Å². The lowest BCUT2D eigenvalue weighted by atomic mass is 10.1. The SMILES string of the molecule is CCCCCCNC(=O)C1CN(C(=O)c2ccc(C=O)cc2)CCN1C(=O)CCCCCC. The van der Waals surface area contributed by atoms with Crippen molar-refractivity contribution in [3.63, 3.8) is 0 Å². The van der Waals surface area contributed by atoms with Gasteiger partial charge < -0.3 is 15.1 Å². The van der Waals surface area contributed by atoms with Gasteiger partial charge in [-0.25, -0.2) is 0 Å². The average molecular weight is 458 g/mol. The third-order valence-corrected chi connectivity index (χ3v) is 6.16. The number of piperazine rings is 1. The summed E-state index contributed by atoms with van der Waals surface area (Å²) in [6.45, 7) is 5.76. The first-order valence-corrected chi connectivity index (χ1v) is 12.4. The molecule has 1 aliphatic heterocycles. The fourth-order valence-corrected chi connectivity index (χ4v) is 4.10. The van der Waals surface area contributed by atoms with Crippen molar-refractivity contribution in [1.29, 1.82) is 0 Å². The van der Waals surface area contributed by atoms with Crippen LogP contribution in [0.2, 0.25) is 0 Å². The Kier molecular flexibility index (Phi) is 11.6. The number of hydrogen-bond donors (Lipinski definition) is 1. The maximum atomic E-state index is 13.0. The van der Waals surface area contributed by atoms with Gasteiger partial charge >= 0.3 is 0 Å². The first-order chi connectivity index (χ1) is 16.0. The molecule has 182 valence electrons. The number of nitrogens with zero attached hydrogens (tertiary/aromatic N) is 2. The molecule has 1 N–H and O–H groups in total. The molecule has 1 atom stereocenters. The van der Waals surface area contributed by atoms with Crippen LogP contribution in [-0.2, 0) is 9.59 Å². The van der Waals surface area contributed by atoms with Crippen molar-refractivity contribution in [3.8, 4) is 0 Å². The fourth-order valence-electron chi connectivity index (χ4n) is 4.10. The highest BCUT2D eigenvalue weighted by Crippen LogP contribution is 2.17. The maximum absolute atomic E-state index is 13.0. The van der Waals surface area contributed by atoms with Crippen molar-refractivity contribution in [2.75, 3.05) is 26.2 Å². The van der Waals surface area contributed by atoms with Crippen LogP contribution in [0.15, 0.2) is 24.3 Å². The summed E-state index contributed by atoms with van der Waals surface area (Å²) in [7, 11) is 0. The van der Waals surface area contributed by atoms with Crippen molar-refractivity contribution >= 4 is 24.0 Å². The zero-order valence-electron chi connectivity index (χ0n) is 20.2. The van der Waals surface area contributed by atoms with Crippen LogP contribution < -0.4 is 5.32 Å². The predicted octanol–water partition coefficient (Wildman–Crippen LogP) is 3.82. The summed E-state index contributed by atoms with van der Waals surface area (Å²) in [6.07, 6.45) is 9.42. The van der Waals surface area contributed by atoms with Gasteiger partial charge in [-0.3, -0.25) is 19.2 Å². The van der Waals surface area contributed by atoms with Gasteiger partial charge in [0.1, 0.15) is 12.3 Å². The van der Waals surface area contributed by atoms with Gasteiger partial charge in [-0.1, -0.05) is 64.5 Å². The van der Waals surface area contributed by atoms with Crippen molar-refractivity contribution in [2.24, 2.45) is 0 Å². The van der Waals surface area contributed by atoms with Crippen LogP contribution in [0, 0.1) is 0 Å². The van der Waals surface area contributed by atoms with Crippen LogP contribution in [0.4, 0.5) is 0 Å². The molecule has 1 heterocycles. The van der Waals surface area contributed by atoms with E-state index in [0.29, 0.717) is 37.2 Å². The molecule has 1 fully saturated rings. The number of unbranched alkanes of at least 4 members (excludes halogenated alkanes) is 6. The lowest BCUT2D eigenvalue weighted by molar-refractivity contribution is -0.143. The van der Waals surface area contributed by atoms with Crippen molar-refractivity contribution in [1.82, 2.24) is 15.1 Å². The molecule has 2 rings (SSSR count). The number of carbonyl (C=O) groups is 4. The summed E-state index contributed by atoms with van der Waals surface area (Å²) in [6, 6.07) is 5.79. The molecule has 0 radical (unpaired) electrons. The van der Waals surface area contributed by atoms with E-state index in [4.69, 9.17) is 0 Å². The Bertz CT molecular complexity index is 778. The topological polar surface area (TPSA) is 86.8 Å². The molecular weight excluding hydrogens is 418 g/mol. The van der Waals surface area contributed by atoms with E-state index in [2.05, 4.69) is 19.2 Å². The second-order valence-corrected chi connectivity index (χ2v) is 8.76. The third kappa shape index (κ3) is 8.30. The highest BCUT2D eigenvalue weighted by Gasteiger charge is 2.36. The van der Waals surface area contributed by atoms with E-state index >= 15 is 0 Å². The van der Waals surface area contributed by atoms with Crippen LogP contribution in [0.3, 0.4) is 0 Å². The van der Waals surface area contributed by atoms with Gasteiger partial charge in [-0.05, 0) is 25.0 Å². The molecule has 0 spiro atoms. The summed E-state index contributed by atoms with van der Waals surface area (Å²) < 4.78 is 0. The Hall–Kier alpha value is -2.70. The van der Waals surface area contributed by atoms with E-state index in [1.54, 1.807) is 34.1 Å². The largest absolute Gasteiger partial charge is 0.354 e. The number of aldehydes is 1. The third-order valence-electron chi connectivity index (χ3n) is 6.16. The molecule has 33 heavy (non-hydrogen) atoms. The molecule has 1 aromatic carbocycles. The van der Waals surface area contributed by atoms with Crippen molar-refractivity contribution < 1.29 is 19.2 Å². The first-order valence-electron chi connectivity index (χ1n) is 12.4. The lowest BCUT2D eigenvalue weighted by Gasteiger charge is -2.40. The molecular formula is C26H39N3O4. The molecule has 0 aromatic heterocycles. The van der Waals surface area contributed by atoms with E-state index in [-0.39, 0.29) is 24.3 Å². The molecule has 0 saturated carbocycles. The number of benzene rings is 1. The molecule has 3 amide bonds. The van der Waals surface area contributed by atoms with Crippen LogP contribution in [0.25, 0.3) is 0 Å². The van der Waals surface area contributed by atoms with E-state index in [1.165, 1.54) is 0 Å². The molecule has 0 bridgehead atoms. The van der Waals surface area contributed by atoms with Gasteiger partial charge in [0.15, 0.2) is 0 Å². The minimum Gasteiger partial charge on any atom is -0.354 e. The number of carbonyl (C=O) groups excluding carboxylic acids is 4. The van der Waals surface area contributed by atoms with Crippen molar-refractivity contribution in [2.45, 2.75) is 77.7 Å². The Morgan fingerprint density at radius 2 is 1.61 bits per heavy atom. The molecule has 7 heteroatoms. The van der Waals surface area contributed by atoms with Gasteiger partial charge in [-0.15, -0.1) is 0 Å². The van der Waals surface area contributed by atoms with Crippen LogP contribution >= 0.6 is 0 Å². The van der Waals surface area contributed by atoms with E-state index in [9.17, 15) is 19.2 Å². The number of amides is 3. The monoisotopic (exact) mass is 457 g/mol. The van der Waals surface area contributed by atoms with Gasteiger partial charge in [0.05, 0.1) is 6.54 Å². The lowest BCUT2D eigenvalue weighted by Crippen LogP contribution is -2.61. The summed E-state index contributed by atoms with van der Waals surface area (Å²) >= 11 is 0. The van der Waals surface area contributed by atoms with E-state index in [1.807, 2.05) is 0 Å². The molecule has 1 unspecified atom stereocenters. The molecule has 0 aliphatic carbocycles. The Labute approximate surface area is 197 Å². The standard InChI is InChI=1S/C26H39N3O4/c1-3-5-7-9-11-24(31)29-18-17-28(26(33)22-14-12-21(20-30)13-15-22)19-23(29)25(32)27-16-10-8-6-4-2/h12-15,20,23H,3-11,16-19H2,1-2H3,(H,27,32). The fraction of sp³-hybridized carbons (Fsp3) is 0.615. The van der Waals surface area contributed by atoms with Crippen LogP contribution in [0.5, 0.6) is 0 Å². The normalized spacial score (nSPS) is 15.9. The maximum Gasteiger partial charge on any atom is 0.253 e. The Morgan fingerprint density at radius 1 is 0.939 bits per heavy atom. The number of rotatable bonds is 13. The van der Waals surface area contributed by atoms with Crippen molar-refractivity contribution in [3.05, 3.63) is 35.4 Å². The molecule has 1 saturated heterocycles. The first kappa shape index (κ1) is 26.6. The minimum atomic E-state index is -0.679. The smallest absolute Gasteiger partial charge is 0.253 e. The predicted molar refractivity (Wildman–Crippen MR) is 129 cm³/mol. The van der Waals surface area contributed by atoms with Crippen LogP contribution in [-0.4, -0.2) is 66.0 Å². The molecule has 1 aromatic rings. The summed E-state index contributed by atoms with van der Waals surface area (Å²) in [4.78, 5) is 53.2. The zero-order chi connectivity index (χ0) is 24.1. The average Bonchev–Trinajstić information content (AvgIpc) is 2.85. The zero-order valence-corrected chi connectivity index (χ0v) is 20.2. The summed E-state index contributed by atoms with van der Waals surface area (Å²) in [5, 5.41) is 2.98. The highest BCUT2D eigenvalue weighted by molar-refractivity contribution is 5.96. The second-order valence-electron chi connectivity index (χ2n) is 8.76. The Balaban J connectivity index is 2.05. The van der Waals surface area contributed by atoms with Gasteiger partial charge in [0.2, 0.25) is 11.8 Å². The minimum absolute atomic E-state index is 0.0142. The quantitative estimate of drug-likeness (QED) is 0.360. The van der Waals surface area contributed by atoms with E-state index < -0.39 is 6.04 Å². The summed E-state index contributed by atoms with van der Waals surface area (Å²) in [5.74, 6) is -0.398. The highest BCUT2D eigenvalue weighted by atomic mass is 16.2. The number of nitrogens with one attached hydrogen (secondary N) is 1. The van der Waals surface area contributed by atoms with E-state index in [0.717, 1.165) is 57.7 Å². The molecule has 7 nitrogen and oxygen atoms in total. The second kappa shape index (κ2) is 14.4.